The first-order chi connectivity index (χ1) is 11.4. The van der Waals surface area contributed by atoms with E-state index in [0.717, 1.165) is 44.4 Å². The van der Waals surface area contributed by atoms with E-state index in [-0.39, 0.29) is 18.7 Å². The Morgan fingerprint density at radius 3 is 2.58 bits per heavy atom. The molecule has 0 aromatic heterocycles. The van der Waals surface area contributed by atoms with Crippen LogP contribution in [-0.4, -0.2) is 37.2 Å². The third-order valence-corrected chi connectivity index (χ3v) is 4.06. The van der Waals surface area contributed by atoms with Gasteiger partial charge in [-0.15, -0.1) is 0 Å². The monoisotopic (exact) mass is 344 g/mol. The minimum Gasteiger partial charge on any atom is -0.378 e. The molecule has 7 heteroatoms. The summed E-state index contributed by atoms with van der Waals surface area (Å²) in [4.78, 5) is 13.5. The Morgan fingerprint density at radius 1 is 1.29 bits per heavy atom. The quantitative estimate of drug-likeness (QED) is 0.883. The Morgan fingerprint density at radius 2 is 2.00 bits per heavy atom. The first kappa shape index (κ1) is 18.6. The Balaban J connectivity index is 1.74. The third kappa shape index (κ3) is 5.70. The molecule has 2 amide bonds. The molecule has 1 heterocycles. The number of hydrogen-bond donors (Lipinski definition) is 1. The second-order valence-corrected chi connectivity index (χ2v) is 6.06. The maximum absolute atomic E-state index is 12.5. The van der Waals surface area contributed by atoms with Crippen molar-refractivity contribution in [3.05, 3.63) is 35.4 Å². The predicted octanol–water partition coefficient (Wildman–Crippen LogP) is 3.81. The highest BCUT2D eigenvalue weighted by atomic mass is 19.4. The van der Waals surface area contributed by atoms with Crippen molar-refractivity contribution in [3.8, 4) is 0 Å². The van der Waals surface area contributed by atoms with E-state index in [1.807, 2.05) is 0 Å². The highest BCUT2D eigenvalue weighted by Crippen LogP contribution is 2.29. The van der Waals surface area contributed by atoms with Crippen molar-refractivity contribution in [2.24, 2.45) is 0 Å². The fraction of sp³-hybridized carbons (Fsp3) is 0.588. The van der Waals surface area contributed by atoms with Crippen LogP contribution in [0.25, 0.3) is 0 Å². The van der Waals surface area contributed by atoms with Gasteiger partial charge in [-0.3, -0.25) is 0 Å². The summed E-state index contributed by atoms with van der Waals surface area (Å²) in [5, 5.41) is 2.81. The van der Waals surface area contributed by atoms with Crippen molar-refractivity contribution in [3.63, 3.8) is 0 Å². The number of hydrogen-bond acceptors (Lipinski definition) is 2. The standard InChI is InChI=1S/C17H23F3N2O2/c1-22(12-13-5-7-14(8-6-13)17(18,19)20)16(23)21-10-9-15-4-2-3-11-24-15/h5-8,15H,2-4,9-12H2,1H3,(H,21,23). The Kier molecular flexibility index (Phi) is 6.48. The average molecular weight is 344 g/mol. The van der Waals surface area contributed by atoms with E-state index in [4.69, 9.17) is 4.74 Å². The molecular weight excluding hydrogens is 321 g/mol. The van der Waals surface area contributed by atoms with E-state index in [1.54, 1.807) is 7.05 Å². The van der Waals surface area contributed by atoms with Gasteiger partial charge in [-0.05, 0) is 43.4 Å². The van der Waals surface area contributed by atoms with Crippen LogP contribution in [0, 0.1) is 0 Å². The van der Waals surface area contributed by atoms with Crippen molar-refractivity contribution in [1.29, 1.82) is 0 Å². The minimum absolute atomic E-state index is 0.208. The van der Waals surface area contributed by atoms with Gasteiger partial charge in [0, 0.05) is 26.7 Å². The normalized spacial score (nSPS) is 18.2. The van der Waals surface area contributed by atoms with Gasteiger partial charge < -0.3 is 15.0 Å². The van der Waals surface area contributed by atoms with Crippen molar-refractivity contribution >= 4 is 6.03 Å². The maximum Gasteiger partial charge on any atom is 0.416 e. The van der Waals surface area contributed by atoms with Gasteiger partial charge in [-0.1, -0.05) is 12.1 Å². The van der Waals surface area contributed by atoms with Crippen LogP contribution in [0.3, 0.4) is 0 Å². The number of nitrogens with zero attached hydrogens (tertiary/aromatic N) is 1. The van der Waals surface area contributed by atoms with Crippen LogP contribution in [0.2, 0.25) is 0 Å². The lowest BCUT2D eigenvalue weighted by Crippen LogP contribution is -2.38. The fourth-order valence-corrected chi connectivity index (χ4v) is 2.65. The Labute approximate surface area is 140 Å². The zero-order chi connectivity index (χ0) is 17.6. The number of rotatable bonds is 5. The summed E-state index contributed by atoms with van der Waals surface area (Å²) in [5.74, 6) is 0. The summed E-state index contributed by atoms with van der Waals surface area (Å²) in [6, 6.07) is 4.60. The summed E-state index contributed by atoms with van der Waals surface area (Å²) in [6.07, 6.45) is -0.0788. The number of amides is 2. The molecule has 1 unspecified atom stereocenters. The number of benzene rings is 1. The molecule has 2 rings (SSSR count). The topological polar surface area (TPSA) is 41.6 Å². The zero-order valence-corrected chi connectivity index (χ0v) is 13.7. The van der Waals surface area contributed by atoms with Crippen LogP contribution < -0.4 is 5.32 Å². The van der Waals surface area contributed by atoms with Gasteiger partial charge >= 0.3 is 12.2 Å². The van der Waals surface area contributed by atoms with Crippen LogP contribution in [0.4, 0.5) is 18.0 Å². The second kappa shape index (κ2) is 8.37. The van der Waals surface area contributed by atoms with Crippen LogP contribution in [0.5, 0.6) is 0 Å². The van der Waals surface area contributed by atoms with Crippen molar-refractivity contribution in [1.82, 2.24) is 10.2 Å². The van der Waals surface area contributed by atoms with Crippen LogP contribution in [-0.2, 0) is 17.5 Å². The molecule has 1 fully saturated rings. The van der Waals surface area contributed by atoms with Crippen molar-refractivity contribution in [2.45, 2.75) is 44.5 Å². The summed E-state index contributed by atoms with van der Waals surface area (Å²) >= 11 is 0. The molecule has 4 nitrogen and oxygen atoms in total. The molecular formula is C17H23F3N2O2. The van der Waals surface area contributed by atoms with Crippen molar-refractivity contribution < 1.29 is 22.7 Å². The summed E-state index contributed by atoms with van der Waals surface area (Å²) in [7, 11) is 1.62. The molecule has 1 aromatic carbocycles. The maximum atomic E-state index is 12.5. The molecule has 0 aliphatic carbocycles. The first-order valence-electron chi connectivity index (χ1n) is 8.13. The molecule has 134 valence electrons. The molecule has 1 saturated heterocycles. The molecule has 0 spiro atoms. The zero-order valence-electron chi connectivity index (χ0n) is 13.7. The summed E-state index contributed by atoms with van der Waals surface area (Å²) in [5.41, 5.74) is -0.0397. The number of nitrogens with one attached hydrogen (secondary N) is 1. The lowest BCUT2D eigenvalue weighted by molar-refractivity contribution is -0.137. The minimum atomic E-state index is -4.34. The molecule has 1 N–H and O–H groups in total. The number of halogens is 3. The lowest BCUT2D eigenvalue weighted by Gasteiger charge is -2.23. The number of alkyl halides is 3. The lowest BCUT2D eigenvalue weighted by atomic mass is 10.1. The number of ether oxygens (including phenoxy) is 1. The SMILES string of the molecule is CN(Cc1ccc(C(F)(F)F)cc1)C(=O)NCCC1CCCCO1. The highest BCUT2D eigenvalue weighted by Gasteiger charge is 2.30. The van der Waals surface area contributed by atoms with Crippen molar-refractivity contribution in [2.75, 3.05) is 20.2 Å². The summed E-state index contributed by atoms with van der Waals surface area (Å²) < 4.78 is 43.2. The van der Waals surface area contributed by atoms with Crippen LogP contribution >= 0.6 is 0 Å². The largest absolute Gasteiger partial charge is 0.416 e. The molecule has 1 aromatic rings. The predicted molar refractivity (Wildman–Crippen MR) is 84.5 cm³/mol. The highest BCUT2D eigenvalue weighted by molar-refractivity contribution is 5.73. The van der Waals surface area contributed by atoms with Crippen LogP contribution in [0.15, 0.2) is 24.3 Å². The first-order valence-corrected chi connectivity index (χ1v) is 8.13. The number of carbonyl (C=O) groups is 1. The van der Waals surface area contributed by atoms with Gasteiger partial charge in [0.05, 0.1) is 11.7 Å². The molecule has 1 aliphatic heterocycles. The molecule has 0 bridgehead atoms. The molecule has 0 radical (unpaired) electrons. The Hall–Kier alpha value is -1.76. The van der Waals surface area contributed by atoms with E-state index in [1.165, 1.54) is 17.0 Å². The average Bonchev–Trinajstić information content (AvgIpc) is 2.55. The van der Waals surface area contributed by atoms with E-state index < -0.39 is 11.7 Å². The van der Waals surface area contributed by atoms with Gasteiger partial charge in [0.15, 0.2) is 0 Å². The molecule has 1 atom stereocenters. The number of carbonyl (C=O) groups excluding carboxylic acids is 1. The second-order valence-electron chi connectivity index (χ2n) is 6.06. The number of urea groups is 1. The van der Waals surface area contributed by atoms with E-state index in [9.17, 15) is 18.0 Å². The molecule has 24 heavy (non-hydrogen) atoms. The van der Waals surface area contributed by atoms with Gasteiger partial charge in [0.1, 0.15) is 0 Å². The fourth-order valence-electron chi connectivity index (χ4n) is 2.65. The van der Waals surface area contributed by atoms with Gasteiger partial charge in [0.25, 0.3) is 0 Å². The van der Waals surface area contributed by atoms with Gasteiger partial charge in [-0.25, -0.2) is 4.79 Å². The summed E-state index contributed by atoms with van der Waals surface area (Å²) in [6.45, 7) is 1.57. The van der Waals surface area contributed by atoms with E-state index >= 15 is 0 Å². The van der Waals surface area contributed by atoms with Gasteiger partial charge in [0.2, 0.25) is 0 Å². The smallest absolute Gasteiger partial charge is 0.378 e. The van der Waals surface area contributed by atoms with Crippen LogP contribution in [0.1, 0.15) is 36.8 Å². The van der Waals surface area contributed by atoms with E-state index in [0.29, 0.717) is 12.1 Å². The molecule has 1 aliphatic rings. The third-order valence-electron chi connectivity index (χ3n) is 4.06. The molecule has 0 saturated carbocycles. The van der Waals surface area contributed by atoms with Gasteiger partial charge in [-0.2, -0.15) is 13.2 Å². The Bertz CT molecular complexity index is 526. The van der Waals surface area contributed by atoms with E-state index in [2.05, 4.69) is 5.32 Å².